The number of anilines is 1. The SMILES string of the molecule is O=C(N[C@@H](CSCC1CCCCC1)C(=O)N1CCN(c2ccccn2)CC1)C1CSCN1. The Morgan fingerprint density at radius 1 is 1.19 bits per heavy atom. The Hall–Kier alpha value is -1.45. The zero-order valence-corrected chi connectivity index (χ0v) is 20.3. The van der Waals surface area contributed by atoms with Crippen LogP contribution in [0, 0.1) is 5.92 Å². The molecule has 3 fully saturated rings. The fourth-order valence-electron chi connectivity index (χ4n) is 4.63. The minimum Gasteiger partial charge on any atom is -0.353 e. The third-order valence-corrected chi connectivity index (χ3v) is 8.79. The van der Waals surface area contributed by atoms with E-state index in [9.17, 15) is 9.59 Å². The summed E-state index contributed by atoms with van der Waals surface area (Å²) in [5, 5.41) is 6.30. The van der Waals surface area contributed by atoms with E-state index >= 15 is 0 Å². The Bertz CT molecular complexity index is 733. The van der Waals surface area contributed by atoms with Gasteiger partial charge in [-0.1, -0.05) is 25.3 Å². The lowest BCUT2D eigenvalue weighted by Gasteiger charge is -2.37. The summed E-state index contributed by atoms with van der Waals surface area (Å²) in [4.78, 5) is 34.7. The van der Waals surface area contributed by atoms with Gasteiger partial charge >= 0.3 is 0 Å². The molecule has 0 aromatic carbocycles. The van der Waals surface area contributed by atoms with Crippen LogP contribution in [0.25, 0.3) is 0 Å². The van der Waals surface area contributed by atoms with Gasteiger partial charge < -0.3 is 15.1 Å². The maximum atomic E-state index is 13.4. The summed E-state index contributed by atoms with van der Waals surface area (Å²) in [6, 6.07) is 5.27. The van der Waals surface area contributed by atoms with Gasteiger partial charge in [0.2, 0.25) is 11.8 Å². The minimum absolute atomic E-state index is 0.0428. The highest BCUT2D eigenvalue weighted by atomic mass is 32.2. The number of aromatic nitrogens is 1. The second-order valence-electron chi connectivity index (χ2n) is 8.87. The third-order valence-electron chi connectivity index (χ3n) is 6.57. The average Bonchev–Trinajstić information content (AvgIpc) is 3.40. The maximum Gasteiger partial charge on any atom is 0.246 e. The Balaban J connectivity index is 1.32. The lowest BCUT2D eigenvalue weighted by Crippen LogP contribution is -2.57. The molecule has 0 bridgehead atoms. The second-order valence-corrected chi connectivity index (χ2v) is 11.0. The smallest absolute Gasteiger partial charge is 0.246 e. The molecule has 9 heteroatoms. The van der Waals surface area contributed by atoms with E-state index in [0.717, 1.165) is 42.2 Å². The van der Waals surface area contributed by atoms with E-state index in [0.29, 0.717) is 18.8 Å². The van der Waals surface area contributed by atoms with Crippen LogP contribution in [0.3, 0.4) is 0 Å². The second kappa shape index (κ2) is 12.1. The molecule has 2 N–H and O–H groups in total. The van der Waals surface area contributed by atoms with Crippen molar-refractivity contribution in [2.45, 2.75) is 44.2 Å². The van der Waals surface area contributed by atoms with Gasteiger partial charge in [-0.25, -0.2) is 4.98 Å². The number of thioether (sulfide) groups is 2. The van der Waals surface area contributed by atoms with Crippen LogP contribution in [0.5, 0.6) is 0 Å². The highest BCUT2D eigenvalue weighted by Crippen LogP contribution is 2.27. The van der Waals surface area contributed by atoms with Gasteiger partial charge in [-0.2, -0.15) is 11.8 Å². The van der Waals surface area contributed by atoms with Gasteiger partial charge in [0, 0.05) is 49.8 Å². The molecule has 0 radical (unpaired) electrons. The van der Waals surface area contributed by atoms with Crippen LogP contribution in [-0.2, 0) is 9.59 Å². The molecule has 7 nitrogen and oxygen atoms in total. The van der Waals surface area contributed by atoms with Gasteiger partial charge in [0.25, 0.3) is 0 Å². The number of carbonyl (C=O) groups excluding carboxylic acids is 2. The number of rotatable bonds is 8. The van der Waals surface area contributed by atoms with Crippen LogP contribution >= 0.6 is 23.5 Å². The molecule has 1 aromatic heterocycles. The number of pyridine rings is 1. The normalized spacial score (nSPS) is 23.2. The Morgan fingerprint density at radius 3 is 2.69 bits per heavy atom. The molecule has 2 atom stereocenters. The number of nitrogens with zero attached hydrogens (tertiary/aromatic N) is 3. The van der Waals surface area contributed by atoms with Crippen molar-refractivity contribution in [3.05, 3.63) is 24.4 Å². The topological polar surface area (TPSA) is 77.6 Å². The van der Waals surface area contributed by atoms with Gasteiger partial charge in [0.05, 0.1) is 6.04 Å². The standard InChI is InChI=1S/C23H35N5O2S2/c29-22(19-15-32-17-25-19)26-20(16-31-14-18-6-2-1-3-7-18)23(30)28-12-10-27(11-13-28)21-8-4-5-9-24-21/h4-5,8-9,18-20,25H,1-3,6-7,10-17H2,(H,26,29)/t19?,20-/m0/s1. The van der Waals surface area contributed by atoms with E-state index in [2.05, 4.69) is 20.5 Å². The Labute approximate surface area is 199 Å². The van der Waals surface area contributed by atoms with E-state index in [1.54, 1.807) is 18.0 Å². The summed E-state index contributed by atoms with van der Waals surface area (Å²) < 4.78 is 0. The van der Waals surface area contributed by atoms with Gasteiger partial charge in [-0.15, -0.1) is 11.8 Å². The molecule has 32 heavy (non-hydrogen) atoms. The summed E-state index contributed by atoms with van der Waals surface area (Å²) >= 11 is 3.56. The first kappa shape index (κ1) is 23.7. The van der Waals surface area contributed by atoms with E-state index in [4.69, 9.17) is 0 Å². The van der Waals surface area contributed by atoms with Crippen molar-refractivity contribution in [1.82, 2.24) is 20.5 Å². The molecule has 3 heterocycles. The quantitative estimate of drug-likeness (QED) is 0.594. The largest absolute Gasteiger partial charge is 0.353 e. The van der Waals surface area contributed by atoms with Crippen molar-refractivity contribution in [2.24, 2.45) is 5.92 Å². The van der Waals surface area contributed by atoms with Crippen molar-refractivity contribution in [3.63, 3.8) is 0 Å². The van der Waals surface area contributed by atoms with E-state index < -0.39 is 6.04 Å². The van der Waals surface area contributed by atoms with Crippen molar-refractivity contribution in [1.29, 1.82) is 0 Å². The first-order valence-corrected chi connectivity index (χ1v) is 14.2. The maximum absolute atomic E-state index is 13.4. The third kappa shape index (κ3) is 6.54. The summed E-state index contributed by atoms with van der Waals surface area (Å²) in [6.07, 6.45) is 8.42. The van der Waals surface area contributed by atoms with Crippen LogP contribution in [0.4, 0.5) is 5.82 Å². The van der Waals surface area contributed by atoms with Crippen LogP contribution in [0.2, 0.25) is 0 Å². The van der Waals surface area contributed by atoms with Crippen molar-refractivity contribution in [3.8, 4) is 0 Å². The van der Waals surface area contributed by atoms with Crippen LogP contribution in [0.1, 0.15) is 32.1 Å². The van der Waals surface area contributed by atoms with Gasteiger partial charge in [-0.3, -0.25) is 14.9 Å². The zero-order valence-electron chi connectivity index (χ0n) is 18.7. The van der Waals surface area contributed by atoms with E-state index in [1.807, 2.05) is 34.9 Å². The molecule has 3 aliphatic rings. The lowest BCUT2D eigenvalue weighted by atomic mass is 9.91. The van der Waals surface area contributed by atoms with Crippen LogP contribution in [-0.4, -0.2) is 83.1 Å². The lowest BCUT2D eigenvalue weighted by molar-refractivity contribution is -0.136. The summed E-state index contributed by atoms with van der Waals surface area (Å²) in [6.45, 7) is 2.85. The molecule has 2 saturated heterocycles. The summed E-state index contributed by atoms with van der Waals surface area (Å²) in [5.41, 5.74) is 0. The molecular weight excluding hydrogens is 442 g/mol. The predicted octanol–water partition coefficient (Wildman–Crippen LogP) is 2.19. The highest BCUT2D eigenvalue weighted by Gasteiger charge is 2.32. The fraction of sp³-hybridized carbons (Fsp3) is 0.696. The minimum atomic E-state index is -0.454. The molecule has 2 aliphatic heterocycles. The summed E-state index contributed by atoms with van der Waals surface area (Å²) in [5.74, 6) is 5.03. The van der Waals surface area contributed by atoms with Crippen LogP contribution < -0.4 is 15.5 Å². The molecule has 4 rings (SSSR count). The molecule has 2 amide bonds. The van der Waals surface area contributed by atoms with E-state index in [1.165, 1.54) is 32.1 Å². The van der Waals surface area contributed by atoms with E-state index in [-0.39, 0.29) is 17.9 Å². The number of carbonyl (C=O) groups is 2. The van der Waals surface area contributed by atoms with Gasteiger partial charge in [0.15, 0.2) is 0 Å². The van der Waals surface area contributed by atoms with Gasteiger partial charge in [0.1, 0.15) is 11.9 Å². The number of hydrogen-bond acceptors (Lipinski definition) is 7. The molecular formula is C23H35N5O2S2. The first-order valence-electron chi connectivity index (χ1n) is 11.8. The van der Waals surface area contributed by atoms with Crippen molar-refractivity contribution in [2.75, 3.05) is 54.2 Å². The van der Waals surface area contributed by atoms with Crippen molar-refractivity contribution >= 4 is 41.2 Å². The molecule has 1 aliphatic carbocycles. The first-order chi connectivity index (χ1) is 15.7. The van der Waals surface area contributed by atoms with Crippen molar-refractivity contribution < 1.29 is 9.59 Å². The molecule has 1 unspecified atom stereocenters. The van der Waals surface area contributed by atoms with Gasteiger partial charge in [-0.05, 0) is 36.6 Å². The number of hydrogen-bond donors (Lipinski definition) is 2. The monoisotopic (exact) mass is 477 g/mol. The molecule has 0 spiro atoms. The Morgan fingerprint density at radius 2 is 2.00 bits per heavy atom. The number of piperazine rings is 1. The predicted molar refractivity (Wildman–Crippen MR) is 133 cm³/mol. The highest BCUT2D eigenvalue weighted by molar-refractivity contribution is 7.99. The van der Waals surface area contributed by atoms with Crippen LogP contribution in [0.15, 0.2) is 24.4 Å². The zero-order chi connectivity index (χ0) is 22.2. The fourth-order valence-corrected chi connectivity index (χ4v) is 6.84. The average molecular weight is 478 g/mol. The number of amides is 2. The Kier molecular flexibility index (Phi) is 8.99. The molecule has 1 aromatic rings. The summed E-state index contributed by atoms with van der Waals surface area (Å²) in [7, 11) is 0. The molecule has 1 saturated carbocycles. The number of nitrogens with one attached hydrogen (secondary N) is 2. The molecule has 176 valence electrons.